The third kappa shape index (κ3) is 2.11. The van der Waals surface area contributed by atoms with Crippen molar-refractivity contribution >= 4 is 33.4 Å². The van der Waals surface area contributed by atoms with E-state index in [1.807, 2.05) is 55.0 Å². The molecule has 0 aliphatic rings. The fourth-order valence-corrected chi connectivity index (χ4v) is 4.16. The van der Waals surface area contributed by atoms with E-state index < -0.39 is 4.87 Å². The van der Waals surface area contributed by atoms with Gasteiger partial charge in [-0.15, -0.1) is 11.6 Å². The molecule has 0 atom stereocenters. The van der Waals surface area contributed by atoms with Gasteiger partial charge in [-0.05, 0) is 18.2 Å². The van der Waals surface area contributed by atoms with E-state index >= 15 is 0 Å². The topological polar surface area (TPSA) is 44.5 Å². The molecule has 0 radical (unpaired) electrons. The van der Waals surface area contributed by atoms with E-state index in [1.54, 1.807) is 6.20 Å². The lowest BCUT2D eigenvalue weighted by molar-refractivity contribution is 0.888. The Labute approximate surface area is 155 Å². The highest BCUT2D eigenvalue weighted by Crippen LogP contribution is 2.47. The van der Waals surface area contributed by atoms with Gasteiger partial charge in [-0.25, -0.2) is 0 Å². The van der Waals surface area contributed by atoms with Crippen LogP contribution in [-0.4, -0.2) is 15.0 Å². The second-order valence-electron chi connectivity index (χ2n) is 6.40. The van der Waals surface area contributed by atoms with Crippen LogP contribution in [-0.2, 0) is 4.87 Å². The Morgan fingerprint density at radius 1 is 0.731 bits per heavy atom. The van der Waals surface area contributed by atoms with Gasteiger partial charge in [0.2, 0.25) is 0 Å². The van der Waals surface area contributed by atoms with Crippen LogP contribution in [0.3, 0.4) is 0 Å². The van der Waals surface area contributed by atoms with Crippen molar-refractivity contribution in [3.8, 4) is 0 Å². The second kappa shape index (κ2) is 5.75. The number of nitrogens with zero attached hydrogens (tertiary/aromatic N) is 1. The first-order chi connectivity index (χ1) is 12.8. The number of pyridine rings is 1. The zero-order valence-corrected chi connectivity index (χ0v) is 14.7. The molecule has 0 amide bonds. The van der Waals surface area contributed by atoms with E-state index in [0.717, 1.165) is 38.5 Å². The molecule has 0 aliphatic carbocycles. The largest absolute Gasteiger partial charge is 0.361 e. The molecule has 4 heteroatoms. The smallest absolute Gasteiger partial charge is 0.125 e. The highest BCUT2D eigenvalue weighted by Gasteiger charge is 2.38. The monoisotopic (exact) mass is 357 g/mol. The maximum Gasteiger partial charge on any atom is 0.125 e. The number of rotatable bonds is 3. The van der Waals surface area contributed by atoms with Crippen LogP contribution in [0.2, 0.25) is 0 Å². The molecule has 3 heterocycles. The number of nitrogens with one attached hydrogen (secondary N) is 2. The standard InChI is InChI=1S/C22H16ClN3/c23-22(15-6-5-11-24-12-15,18-13-25-20-9-3-1-7-16(18)20)19-14-26-21-10-4-2-8-17(19)21/h1-14,25-26H. The maximum atomic E-state index is 7.48. The van der Waals surface area contributed by atoms with Crippen LogP contribution in [0.5, 0.6) is 0 Å². The van der Waals surface area contributed by atoms with Crippen LogP contribution >= 0.6 is 11.6 Å². The predicted molar refractivity (Wildman–Crippen MR) is 107 cm³/mol. The summed E-state index contributed by atoms with van der Waals surface area (Å²) in [4.78, 5) is 10.2. The molecule has 0 saturated carbocycles. The van der Waals surface area contributed by atoms with Gasteiger partial charge in [0, 0.05) is 63.3 Å². The lowest BCUT2D eigenvalue weighted by Crippen LogP contribution is -2.22. The van der Waals surface area contributed by atoms with E-state index in [-0.39, 0.29) is 0 Å². The van der Waals surface area contributed by atoms with Gasteiger partial charge >= 0.3 is 0 Å². The molecule has 3 nitrogen and oxygen atoms in total. The van der Waals surface area contributed by atoms with Crippen molar-refractivity contribution in [3.63, 3.8) is 0 Å². The number of aromatic nitrogens is 3. The number of H-pyrrole nitrogens is 2. The molecule has 126 valence electrons. The Kier molecular flexibility index (Phi) is 3.37. The number of hydrogen-bond donors (Lipinski definition) is 2. The summed E-state index contributed by atoms with van der Waals surface area (Å²) in [5.74, 6) is 0. The molecule has 5 aromatic rings. The van der Waals surface area contributed by atoms with E-state index in [4.69, 9.17) is 11.6 Å². The summed E-state index contributed by atoms with van der Waals surface area (Å²) in [6.45, 7) is 0. The van der Waals surface area contributed by atoms with Crippen LogP contribution in [0.25, 0.3) is 21.8 Å². The van der Waals surface area contributed by atoms with E-state index in [2.05, 4.69) is 39.2 Å². The average molecular weight is 358 g/mol. The number of para-hydroxylation sites is 2. The third-order valence-corrected chi connectivity index (χ3v) is 5.61. The number of benzene rings is 2. The molecular weight excluding hydrogens is 342 g/mol. The van der Waals surface area contributed by atoms with Crippen LogP contribution in [0.4, 0.5) is 0 Å². The molecule has 0 unspecified atom stereocenters. The molecule has 0 aliphatic heterocycles. The van der Waals surface area contributed by atoms with E-state index in [1.165, 1.54) is 0 Å². The Hall–Kier alpha value is -3.04. The van der Waals surface area contributed by atoms with Gasteiger partial charge < -0.3 is 9.97 Å². The molecule has 0 bridgehead atoms. The highest BCUT2D eigenvalue weighted by atomic mass is 35.5. The summed E-state index contributed by atoms with van der Waals surface area (Å²) in [6, 6.07) is 20.4. The van der Waals surface area contributed by atoms with Gasteiger partial charge in [0.25, 0.3) is 0 Å². The first kappa shape index (κ1) is 15.2. The predicted octanol–water partition coefficient (Wildman–Crippen LogP) is 5.57. The molecule has 0 saturated heterocycles. The first-order valence-electron chi connectivity index (χ1n) is 8.51. The average Bonchev–Trinajstić information content (AvgIpc) is 3.33. The molecule has 5 rings (SSSR count). The van der Waals surface area contributed by atoms with Gasteiger partial charge in [0.1, 0.15) is 4.87 Å². The fourth-order valence-electron chi connectivity index (χ4n) is 3.74. The Balaban J connectivity index is 1.88. The Morgan fingerprint density at radius 3 is 1.85 bits per heavy atom. The minimum Gasteiger partial charge on any atom is -0.361 e. The zero-order chi connectivity index (χ0) is 17.6. The number of fused-ring (bicyclic) bond motifs is 2. The quantitative estimate of drug-likeness (QED) is 0.407. The maximum absolute atomic E-state index is 7.48. The van der Waals surface area contributed by atoms with Crippen molar-refractivity contribution in [2.45, 2.75) is 4.87 Å². The van der Waals surface area contributed by atoms with Crippen LogP contribution in [0.1, 0.15) is 16.7 Å². The summed E-state index contributed by atoms with van der Waals surface area (Å²) in [7, 11) is 0. The SMILES string of the molecule is ClC(c1cccnc1)(c1c[nH]c2ccccc12)c1c[nH]c2ccccc12. The van der Waals surface area contributed by atoms with Gasteiger partial charge in [-0.1, -0.05) is 42.5 Å². The van der Waals surface area contributed by atoms with Crippen LogP contribution in [0.15, 0.2) is 85.5 Å². The summed E-state index contributed by atoms with van der Waals surface area (Å²) in [5, 5.41) is 2.22. The third-order valence-electron chi connectivity index (χ3n) is 4.98. The minimum atomic E-state index is -0.854. The molecule has 0 spiro atoms. The minimum absolute atomic E-state index is 0.854. The van der Waals surface area contributed by atoms with Crippen molar-refractivity contribution in [1.29, 1.82) is 0 Å². The van der Waals surface area contributed by atoms with Crippen LogP contribution in [0, 0.1) is 0 Å². The van der Waals surface area contributed by atoms with Crippen molar-refractivity contribution < 1.29 is 0 Å². The fraction of sp³-hybridized carbons (Fsp3) is 0.0455. The molecule has 0 fully saturated rings. The summed E-state index contributed by atoms with van der Waals surface area (Å²) in [5.41, 5.74) is 5.11. The van der Waals surface area contributed by atoms with E-state index in [0.29, 0.717) is 0 Å². The number of hydrogen-bond acceptors (Lipinski definition) is 1. The summed E-state index contributed by atoms with van der Waals surface area (Å²) < 4.78 is 0. The number of aromatic amines is 2. The molecule has 26 heavy (non-hydrogen) atoms. The second-order valence-corrected chi connectivity index (χ2v) is 6.96. The van der Waals surface area contributed by atoms with Gasteiger partial charge in [0.15, 0.2) is 0 Å². The van der Waals surface area contributed by atoms with Gasteiger partial charge in [0.05, 0.1) is 0 Å². The number of halogens is 1. The first-order valence-corrected chi connectivity index (χ1v) is 8.89. The molecular formula is C22H16ClN3. The van der Waals surface area contributed by atoms with Crippen LogP contribution < -0.4 is 0 Å². The lowest BCUT2D eigenvalue weighted by Gasteiger charge is -2.27. The Bertz CT molecular complexity index is 1130. The van der Waals surface area contributed by atoms with Crippen molar-refractivity contribution in [2.75, 3.05) is 0 Å². The molecule has 2 aromatic carbocycles. The van der Waals surface area contributed by atoms with Crippen molar-refractivity contribution in [3.05, 3.63) is 102 Å². The summed E-state index contributed by atoms with van der Waals surface area (Å²) >= 11 is 7.48. The normalized spacial score (nSPS) is 12.0. The Morgan fingerprint density at radius 2 is 1.31 bits per heavy atom. The molecule has 3 aromatic heterocycles. The van der Waals surface area contributed by atoms with Gasteiger partial charge in [-0.2, -0.15) is 0 Å². The highest BCUT2D eigenvalue weighted by molar-refractivity contribution is 6.30. The van der Waals surface area contributed by atoms with Crippen molar-refractivity contribution in [1.82, 2.24) is 15.0 Å². The molecule has 2 N–H and O–H groups in total. The van der Waals surface area contributed by atoms with E-state index in [9.17, 15) is 0 Å². The summed E-state index contributed by atoms with van der Waals surface area (Å²) in [6.07, 6.45) is 7.63. The number of alkyl halides is 1. The van der Waals surface area contributed by atoms with Gasteiger partial charge in [-0.3, -0.25) is 4.98 Å². The van der Waals surface area contributed by atoms with Crippen molar-refractivity contribution in [2.24, 2.45) is 0 Å². The lowest BCUT2D eigenvalue weighted by atomic mass is 9.84. The zero-order valence-electron chi connectivity index (χ0n) is 13.9.